The second kappa shape index (κ2) is 8.68. The van der Waals surface area contributed by atoms with Gasteiger partial charge in [0.15, 0.2) is 0 Å². The average molecular weight is 459 g/mol. The van der Waals surface area contributed by atoms with E-state index in [1.54, 1.807) is 46.2 Å². The molecule has 1 N–H and O–H groups in total. The Labute approximate surface area is 194 Å². The van der Waals surface area contributed by atoms with Crippen LogP contribution in [-0.2, 0) is 17.8 Å². The molecule has 0 spiro atoms. The zero-order valence-corrected chi connectivity index (χ0v) is 18.7. The first-order chi connectivity index (χ1) is 16.0. The van der Waals surface area contributed by atoms with Gasteiger partial charge < -0.3 is 14.8 Å². The smallest absolute Gasteiger partial charge is 0.274 e. The summed E-state index contributed by atoms with van der Waals surface area (Å²) >= 11 is 1.59. The summed E-state index contributed by atoms with van der Waals surface area (Å²) in [6.45, 7) is 1.79. The van der Waals surface area contributed by atoms with E-state index in [1.807, 2.05) is 34.5 Å². The Morgan fingerprint density at radius 1 is 1.09 bits per heavy atom. The predicted molar refractivity (Wildman–Crippen MR) is 125 cm³/mol. The summed E-state index contributed by atoms with van der Waals surface area (Å²) in [6.07, 6.45) is 1.38. The SMILES string of the molecule is N#Cc1ccc(C(=O)Nc2ccc3n(c2=O)CC2CC3CN(C(=O)Cc3cccs3)C2)cc1. The van der Waals surface area contributed by atoms with Crippen molar-refractivity contribution in [1.29, 1.82) is 5.26 Å². The topological polar surface area (TPSA) is 95.2 Å². The third kappa shape index (κ3) is 4.20. The molecule has 0 radical (unpaired) electrons. The molecule has 1 fully saturated rings. The lowest BCUT2D eigenvalue weighted by atomic mass is 9.83. The van der Waals surface area contributed by atoms with Crippen molar-refractivity contribution in [3.63, 3.8) is 0 Å². The molecule has 3 aromatic rings. The second-order valence-corrected chi connectivity index (χ2v) is 9.62. The molecule has 2 amide bonds. The number of anilines is 1. The minimum atomic E-state index is -0.390. The van der Waals surface area contributed by atoms with Crippen LogP contribution in [0.25, 0.3) is 0 Å². The van der Waals surface area contributed by atoms with Crippen LogP contribution in [-0.4, -0.2) is 34.4 Å². The van der Waals surface area contributed by atoms with Crippen molar-refractivity contribution in [2.24, 2.45) is 5.92 Å². The Bertz CT molecular complexity index is 1300. The molecular weight excluding hydrogens is 436 g/mol. The molecule has 2 bridgehead atoms. The van der Waals surface area contributed by atoms with Crippen molar-refractivity contribution in [2.45, 2.75) is 25.3 Å². The lowest BCUT2D eigenvalue weighted by Crippen LogP contribution is -2.49. The molecule has 7 nitrogen and oxygen atoms in total. The number of amides is 2. The number of aromatic nitrogens is 1. The number of nitrogens with zero attached hydrogens (tertiary/aromatic N) is 3. The largest absolute Gasteiger partial charge is 0.341 e. The number of fused-ring (bicyclic) bond motifs is 4. The van der Waals surface area contributed by atoms with Crippen molar-refractivity contribution in [3.8, 4) is 6.07 Å². The fraction of sp³-hybridized carbons (Fsp3) is 0.280. The molecule has 2 aromatic heterocycles. The number of carbonyl (C=O) groups is 2. The first-order valence-corrected chi connectivity index (χ1v) is 11.7. The summed E-state index contributed by atoms with van der Waals surface area (Å²) in [5.74, 6) is 0.0687. The van der Waals surface area contributed by atoms with Crippen LogP contribution in [0.15, 0.2) is 58.7 Å². The van der Waals surface area contributed by atoms with Crippen molar-refractivity contribution in [1.82, 2.24) is 9.47 Å². The average Bonchev–Trinajstić information content (AvgIpc) is 3.34. The van der Waals surface area contributed by atoms with Gasteiger partial charge in [0.1, 0.15) is 5.69 Å². The van der Waals surface area contributed by atoms with Gasteiger partial charge in [0.05, 0.1) is 18.1 Å². The molecule has 5 rings (SSSR count). The van der Waals surface area contributed by atoms with E-state index in [2.05, 4.69) is 5.32 Å². The number of thiophene rings is 1. The van der Waals surface area contributed by atoms with E-state index >= 15 is 0 Å². The maximum absolute atomic E-state index is 13.2. The van der Waals surface area contributed by atoms with E-state index in [0.717, 1.165) is 17.0 Å². The van der Waals surface area contributed by atoms with Crippen LogP contribution in [0.2, 0.25) is 0 Å². The molecule has 4 heterocycles. The predicted octanol–water partition coefficient (Wildman–Crippen LogP) is 3.22. The normalized spacial score (nSPS) is 18.8. The summed E-state index contributed by atoms with van der Waals surface area (Å²) in [4.78, 5) is 41.6. The summed E-state index contributed by atoms with van der Waals surface area (Å²) in [5, 5.41) is 13.6. The fourth-order valence-electron chi connectivity index (χ4n) is 4.81. The minimum Gasteiger partial charge on any atom is -0.341 e. The summed E-state index contributed by atoms with van der Waals surface area (Å²) in [6, 6.07) is 15.8. The Balaban J connectivity index is 1.33. The summed E-state index contributed by atoms with van der Waals surface area (Å²) in [5.41, 5.74) is 1.78. The van der Waals surface area contributed by atoms with Crippen LogP contribution >= 0.6 is 11.3 Å². The third-order valence-electron chi connectivity index (χ3n) is 6.39. The van der Waals surface area contributed by atoms with Crippen LogP contribution < -0.4 is 10.9 Å². The number of likely N-dealkylation sites (tertiary alicyclic amines) is 1. The van der Waals surface area contributed by atoms with E-state index < -0.39 is 5.91 Å². The monoisotopic (exact) mass is 458 g/mol. The van der Waals surface area contributed by atoms with Gasteiger partial charge in [0.2, 0.25) is 5.91 Å². The lowest BCUT2D eigenvalue weighted by Gasteiger charge is -2.43. The molecule has 0 aliphatic carbocycles. The number of hydrogen-bond donors (Lipinski definition) is 1. The number of hydrogen-bond acceptors (Lipinski definition) is 5. The molecule has 2 aliphatic heterocycles. The van der Waals surface area contributed by atoms with Crippen molar-refractivity contribution in [3.05, 3.63) is 86.0 Å². The van der Waals surface area contributed by atoms with Crippen LogP contribution in [0, 0.1) is 17.2 Å². The standard InChI is InChI=1S/C25H22N4O3S/c26-12-16-3-5-18(6-4-16)24(31)27-21-7-8-22-19-10-17(14-29(22)25(21)32)13-28(15-19)23(30)11-20-2-1-9-33-20/h1-9,17,19H,10-11,13-15H2,(H,27,31). The Morgan fingerprint density at radius 2 is 1.91 bits per heavy atom. The number of rotatable bonds is 4. The second-order valence-electron chi connectivity index (χ2n) is 8.58. The highest BCUT2D eigenvalue weighted by molar-refractivity contribution is 7.10. The number of carbonyl (C=O) groups excluding carboxylic acids is 2. The van der Waals surface area contributed by atoms with Crippen LogP contribution in [0.4, 0.5) is 5.69 Å². The van der Waals surface area contributed by atoms with Crippen molar-refractivity contribution >= 4 is 28.8 Å². The zero-order chi connectivity index (χ0) is 22.9. The first kappa shape index (κ1) is 21.2. The molecule has 2 atom stereocenters. The number of pyridine rings is 1. The van der Waals surface area contributed by atoms with E-state index in [-0.39, 0.29) is 29.0 Å². The minimum absolute atomic E-state index is 0.112. The maximum Gasteiger partial charge on any atom is 0.274 e. The van der Waals surface area contributed by atoms with E-state index in [9.17, 15) is 14.4 Å². The fourth-order valence-corrected chi connectivity index (χ4v) is 5.51. The van der Waals surface area contributed by atoms with Gasteiger partial charge >= 0.3 is 0 Å². The van der Waals surface area contributed by atoms with Gasteiger partial charge in [-0.05, 0) is 60.2 Å². The molecule has 2 aliphatic rings. The molecule has 33 heavy (non-hydrogen) atoms. The Kier molecular flexibility index (Phi) is 5.56. The highest BCUT2D eigenvalue weighted by Gasteiger charge is 2.36. The van der Waals surface area contributed by atoms with E-state index in [0.29, 0.717) is 37.2 Å². The molecular formula is C25H22N4O3S. The highest BCUT2D eigenvalue weighted by Crippen LogP contribution is 2.35. The van der Waals surface area contributed by atoms with Gasteiger partial charge in [0, 0.05) is 41.7 Å². The Morgan fingerprint density at radius 3 is 2.64 bits per heavy atom. The quantitative estimate of drug-likeness (QED) is 0.649. The van der Waals surface area contributed by atoms with Crippen LogP contribution in [0.3, 0.4) is 0 Å². The molecule has 8 heteroatoms. The number of nitrogens with one attached hydrogen (secondary N) is 1. The highest BCUT2D eigenvalue weighted by atomic mass is 32.1. The number of benzene rings is 1. The van der Waals surface area contributed by atoms with Gasteiger partial charge in [-0.3, -0.25) is 14.4 Å². The van der Waals surface area contributed by atoms with Crippen LogP contribution in [0.1, 0.15) is 38.8 Å². The van der Waals surface area contributed by atoms with E-state index in [4.69, 9.17) is 5.26 Å². The van der Waals surface area contributed by atoms with E-state index in [1.165, 1.54) is 0 Å². The lowest BCUT2D eigenvalue weighted by molar-refractivity contribution is -0.133. The van der Waals surface area contributed by atoms with Crippen molar-refractivity contribution in [2.75, 3.05) is 18.4 Å². The van der Waals surface area contributed by atoms with Crippen molar-refractivity contribution < 1.29 is 9.59 Å². The molecule has 166 valence electrons. The number of piperidine rings is 1. The molecule has 1 saturated heterocycles. The van der Waals surface area contributed by atoms with Gasteiger partial charge in [0.25, 0.3) is 11.5 Å². The Hall–Kier alpha value is -3.70. The van der Waals surface area contributed by atoms with Gasteiger partial charge in [-0.2, -0.15) is 5.26 Å². The maximum atomic E-state index is 13.2. The molecule has 0 saturated carbocycles. The van der Waals surface area contributed by atoms with Gasteiger partial charge in [-0.15, -0.1) is 11.3 Å². The van der Waals surface area contributed by atoms with Gasteiger partial charge in [-0.25, -0.2) is 0 Å². The molecule has 2 unspecified atom stereocenters. The third-order valence-corrected chi connectivity index (χ3v) is 7.26. The summed E-state index contributed by atoms with van der Waals surface area (Å²) < 4.78 is 1.76. The van der Waals surface area contributed by atoms with Crippen LogP contribution in [0.5, 0.6) is 0 Å². The number of nitriles is 1. The summed E-state index contributed by atoms with van der Waals surface area (Å²) in [7, 11) is 0. The zero-order valence-electron chi connectivity index (χ0n) is 17.9. The first-order valence-electron chi connectivity index (χ1n) is 10.9. The van der Waals surface area contributed by atoms with Gasteiger partial charge in [-0.1, -0.05) is 6.07 Å². The molecule has 1 aromatic carbocycles.